The van der Waals surface area contributed by atoms with Crippen molar-refractivity contribution in [1.82, 2.24) is 9.80 Å². The number of hydrogen-bond donors (Lipinski definition) is 0. The van der Waals surface area contributed by atoms with Gasteiger partial charge in [0.2, 0.25) is 6.41 Å². The van der Waals surface area contributed by atoms with Crippen LogP contribution >= 0.6 is 0 Å². The number of piperazine rings is 1. The van der Waals surface area contributed by atoms with Crippen LogP contribution in [-0.2, 0) is 11.3 Å². The molecule has 0 bridgehead atoms. The number of urea groups is 1. The molecule has 124 valence electrons. The predicted octanol–water partition coefficient (Wildman–Crippen LogP) is 2.59. The van der Waals surface area contributed by atoms with Gasteiger partial charge in [-0.1, -0.05) is 48.5 Å². The van der Waals surface area contributed by atoms with Crippen LogP contribution in [0.5, 0.6) is 0 Å². The molecule has 0 saturated carbocycles. The Morgan fingerprint density at radius 2 is 1.50 bits per heavy atom. The van der Waals surface area contributed by atoms with Gasteiger partial charge < -0.3 is 9.80 Å². The first-order chi connectivity index (χ1) is 11.8. The molecule has 2 aromatic rings. The van der Waals surface area contributed by atoms with Crippen LogP contribution in [-0.4, -0.2) is 48.4 Å². The van der Waals surface area contributed by atoms with E-state index in [2.05, 4.69) is 0 Å². The zero-order valence-electron chi connectivity index (χ0n) is 13.5. The average Bonchev–Trinajstić information content (AvgIpc) is 2.67. The van der Waals surface area contributed by atoms with Gasteiger partial charge in [-0.25, -0.2) is 4.79 Å². The summed E-state index contributed by atoms with van der Waals surface area (Å²) in [6.45, 7) is 2.83. The lowest BCUT2D eigenvalue weighted by atomic mass is 10.2. The Balaban J connectivity index is 1.79. The number of nitrogens with zero attached hydrogens (tertiary/aromatic N) is 3. The molecule has 0 aliphatic carbocycles. The minimum atomic E-state index is -0.0180. The molecule has 0 atom stereocenters. The zero-order valence-corrected chi connectivity index (χ0v) is 13.5. The van der Waals surface area contributed by atoms with Crippen LogP contribution in [0.15, 0.2) is 60.7 Å². The molecule has 2 aromatic carbocycles. The second kappa shape index (κ2) is 7.64. The summed E-state index contributed by atoms with van der Waals surface area (Å²) in [7, 11) is 0. The van der Waals surface area contributed by atoms with Crippen LogP contribution in [0.2, 0.25) is 0 Å². The van der Waals surface area contributed by atoms with Gasteiger partial charge in [-0.15, -0.1) is 0 Å². The Morgan fingerprint density at radius 3 is 2.08 bits per heavy atom. The van der Waals surface area contributed by atoms with Crippen molar-refractivity contribution in [1.29, 1.82) is 0 Å². The number of hydrogen-bond acceptors (Lipinski definition) is 2. The fraction of sp³-hybridized carbons (Fsp3) is 0.263. The first-order valence-electron chi connectivity index (χ1n) is 8.12. The lowest BCUT2D eigenvalue weighted by molar-refractivity contribution is -0.119. The summed E-state index contributed by atoms with van der Waals surface area (Å²) >= 11 is 0. The Kier molecular flexibility index (Phi) is 5.11. The summed E-state index contributed by atoms with van der Waals surface area (Å²) in [5.74, 6) is 0. The molecule has 0 unspecified atom stereocenters. The van der Waals surface area contributed by atoms with Gasteiger partial charge in [0.1, 0.15) is 0 Å². The molecule has 5 nitrogen and oxygen atoms in total. The van der Waals surface area contributed by atoms with E-state index in [0.717, 1.165) is 17.7 Å². The summed E-state index contributed by atoms with van der Waals surface area (Å²) in [5, 5.41) is 0. The van der Waals surface area contributed by atoms with Crippen molar-refractivity contribution in [2.45, 2.75) is 6.54 Å². The van der Waals surface area contributed by atoms with Crippen molar-refractivity contribution < 1.29 is 9.59 Å². The number of benzene rings is 2. The molecule has 1 aliphatic heterocycles. The summed E-state index contributed by atoms with van der Waals surface area (Å²) in [6, 6.07) is 19.7. The standard InChI is InChI=1S/C19H21N3O2/c23-16-20-11-13-21(14-12-20)19(24)22(18-9-5-2-6-10-18)15-17-7-3-1-4-8-17/h1-10,16H,11-15H2. The van der Waals surface area contributed by atoms with E-state index < -0.39 is 0 Å². The molecule has 3 amide bonds. The number of para-hydroxylation sites is 1. The zero-order chi connectivity index (χ0) is 16.8. The third-order valence-electron chi connectivity index (χ3n) is 4.22. The van der Waals surface area contributed by atoms with Gasteiger partial charge in [0.25, 0.3) is 0 Å². The monoisotopic (exact) mass is 323 g/mol. The summed E-state index contributed by atoms with van der Waals surface area (Å²) in [5.41, 5.74) is 1.96. The van der Waals surface area contributed by atoms with Gasteiger partial charge in [-0.2, -0.15) is 0 Å². The Morgan fingerprint density at radius 1 is 0.917 bits per heavy atom. The Bertz CT molecular complexity index is 668. The van der Waals surface area contributed by atoms with E-state index in [1.54, 1.807) is 9.80 Å². The lowest BCUT2D eigenvalue weighted by Gasteiger charge is -2.36. The van der Waals surface area contributed by atoms with Crippen molar-refractivity contribution >= 4 is 18.1 Å². The number of rotatable bonds is 4. The SMILES string of the molecule is O=CN1CCN(C(=O)N(Cc2ccccc2)c2ccccc2)CC1. The maximum absolute atomic E-state index is 13.0. The number of carbonyl (C=O) groups is 2. The van der Waals surface area contributed by atoms with Crippen LogP contribution in [0, 0.1) is 0 Å². The molecule has 1 fully saturated rings. The van der Waals surface area contributed by atoms with Crippen LogP contribution < -0.4 is 4.90 Å². The molecule has 1 saturated heterocycles. The maximum atomic E-state index is 13.0. The van der Waals surface area contributed by atoms with Crippen molar-refractivity contribution in [3.05, 3.63) is 66.2 Å². The van der Waals surface area contributed by atoms with Gasteiger partial charge in [-0.3, -0.25) is 9.69 Å². The quantitative estimate of drug-likeness (QED) is 0.812. The molecule has 0 N–H and O–H groups in total. The highest BCUT2D eigenvalue weighted by Crippen LogP contribution is 2.19. The topological polar surface area (TPSA) is 43.9 Å². The molecular weight excluding hydrogens is 302 g/mol. The van der Waals surface area contributed by atoms with Crippen LogP contribution in [0.4, 0.5) is 10.5 Å². The second-order valence-electron chi connectivity index (χ2n) is 5.82. The number of carbonyl (C=O) groups excluding carboxylic acids is 2. The van der Waals surface area contributed by atoms with E-state index in [1.165, 1.54) is 0 Å². The summed E-state index contributed by atoms with van der Waals surface area (Å²) < 4.78 is 0. The molecule has 0 aromatic heterocycles. The van der Waals surface area contributed by atoms with E-state index in [4.69, 9.17) is 0 Å². The molecule has 1 heterocycles. The maximum Gasteiger partial charge on any atom is 0.324 e. The number of amides is 3. The molecule has 3 rings (SSSR count). The van der Waals surface area contributed by atoms with E-state index in [0.29, 0.717) is 32.7 Å². The fourth-order valence-corrected chi connectivity index (χ4v) is 2.83. The molecule has 0 radical (unpaired) electrons. The van der Waals surface area contributed by atoms with E-state index >= 15 is 0 Å². The third kappa shape index (κ3) is 3.74. The smallest absolute Gasteiger partial charge is 0.324 e. The first kappa shape index (κ1) is 16.1. The van der Waals surface area contributed by atoms with Crippen molar-refractivity contribution in [2.75, 3.05) is 31.1 Å². The largest absolute Gasteiger partial charge is 0.342 e. The molecule has 1 aliphatic rings. The lowest BCUT2D eigenvalue weighted by Crippen LogP contribution is -2.52. The minimum Gasteiger partial charge on any atom is -0.342 e. The summed E-state index contributed by atoms with van der Waals surface area (Å²) in [4.78, 5) is 29.2. The highest BCUT2D eigenvalue weighted by molar-refractivity contribution is 5.92. The normalized spacial score (nSPS) is 14.3. The van der Waals surface area contributed by atoms with E-state index in [9.17, 15) is 9.59 Å². The van der Waals surface area contributed by atoms with Gasteiger partial charge in [0.15, 0.2) is 0 Å². The predicted molar refractivity (Wildman–Crippen MR) is 93.7 cm³/mol. The van der Waals surface area contributed by atoms with Crippen LogP contribution in [0.25, 0.3) is 0 Å². The number of anilines is 1. The van der Waals surface area contributed by atoms with Crippen molar-refractivity contribution in [2.24, 2.45) is 0 Å². The fourth-order valence-electron chi connectivity index (χ4n) is 2.83. The average molecular weight is 323 g/mol. The van der Waals surface area contributed by atoms with Crippen molar-refractivity contribution in [3.63, 3.8) is 0 Å². The first-order valence-corrected chi connectivity index (χ1v) is 8.12. The highest BCUT2D eigenvalue weighted by Gasteiger charge is 2.25. The Hall–Kier alpha value is -2.82. The molecule has 5 heteroatoms. The van der Waals surface area contributed by atoms with Gasteiger partial charge in [0.05, 0.1) is 6.54 Å². The summed E-state index contributed by atoms with van der Waals surface area (Å²) in [6.07, 6.45) is 0.848. The molecule has 0 spiro atoms. The molecular formula is C19H21N3O2. The van der Waals surface area contributed by atoms with E-state index in [-0.39, 0.29) is 6.03 Å². The van der Waals surface area contributed by atoms with Crippen LogP contribution in [0.1, 0.15) is 5.56 Å². The minimum absolute atomic E-state index is 0.0180. The Labute approximate surface area is 142 Å². The van der Waals surface area contributed by atoms with Crippen LogP contribution in [0.3, 0.4) is 0 Å². The molecule has 24 heavy (non-hydrogen) atoms. The second-order valence-corrected chi connectivity index (χ2v) is 5.82. The highest BCUT2D eigenvalue weighted by atomic mass is 16.2. The van der Waals surface area contributed by atoms with Crippen molar-refractivity contribution in [3.8, 4) is 0 Å². The van der Waals surface area contributed by atoms with Gasteiger partial charge in [-0.05, 0) is 17.7 Å². The van der Waals surface area contributed by atoms with E-state index in [1.807, 2.05) is 65.6 Å². The third-order valence-corrected chi connectivity index (χ3v) is 4.22. The van der Waals surface area contributed by atoms with Gasteiger partial charge >= 0.3 is 6.03 Å². The van der Waals surface area contributed by atoms with Gasteiger partial charge in [0, 0.05) is 31.9 Å².